The number of hydrogen-bond donors (Lipinski definition) is 1. The molecule has 1 aliphatic heterocycles. The smallest absolute Gasteiger partial charge is 0.257 e. The number of carbonyl (C=O) groups is 1. The minimum Gasteiger partial charge on any atom is -0.484 e. The van der Waals surface area contributed by atoms with Gasteiger partial charge in [0.05, 0.1) is 6.42 Å². The molecule has 1 amide bonds. The van der Waals surface area contributed by atoms with E-state index in [2.05, 4.69) is 4.98 Å². The summed E-state index contributed by atoms with van der Waals surface area (Å²) in [6, 6.07) is 1.67. The number of nitrogens with zero attached hydrogens (tertiary/aromatic N) is 1. The second-order valence-electron chi connectivity index (χ2n) is 2.82. The molecule has 0 fully saturated rings. The zero-order chi connectivity index (χ0) is 9.97. The predicted octanol–water partition coefficient (Wildman–Crippen LogP) is -0.110. The molecule has 1 aliphatic rings. The number of rotatable bonds is 2. The minimum absolute atomic E-state index is 0.456. The van der Waals surface area contributed by atoms with Gasteiger partial charge in [0.15, 0.2) is 5.75 Å². The Morgan fingerprint density at radius 2 is 2.29 bits per heavy atom. The molecule has 2 N–H and O–H groups in total. The lowest BCUT2D eigenvalue weighted by molar-refractivity contribution is -0.114. The lowest BCUT2D eigenvalue weighted by Gasteiger charge is -2.17. The summed E-state index contributed by atoms with van der Waals surface area (Å²) in [5.74, 6) is 0.493. The fraction of sp³-hybridized carbons (Fsp3) is 0.222. The molecular formula is C9H9N2O3. The van der Waals surface area contributed by atoms with Crippen LogP contribution in [0.3, 0.4) is 0 Å². The predicted molar refractivity (Wildman–Crippen MR) is 47.8 cm³/mol. The Labute approximate surface area is 80.8 Å². The van der Waals surface area contributed by atoms with Crippen molar-refractivity contribution in [1.29, 1.82) is 0 Å². The largest absolute Gasteiger partial charge is 0.484 e. The Morgan fingerprint density at radius 1 is 1.50 bits per heavy atom. The molecule has 0 unspecified atom stereocenters. The summed E-state index contributed by atoms with van der Waals surface area (Å²) in [7, 11) is 0. The molecule has 2 heterocycles. The molecule has 0 atom stereocenters. The molecule has 1 aromatic rings. The monoisotopic (exact) mass is 193 g/mol. The third-order valence-corrected chi connectivity index (χ3v) is 1.73. The van der Waals surface area contributed by atoms with Crippen LogP contribution < -0.4 is 15.2 Å². The average molecular weight is 193 g/mol. The fourth-order valence-electron chi connectivity index (χ4n) is 1.19. The van der Waals surface area contributed by atoms with Crippen LogP contribution in [-0.4, -0.2) is 24.1 Å². The van der Waals surface area contributed by atoms with E-state index in [9.17, 15) is 4.79 Å². The number of fused-ring (bicyclic) bond motifs is 1. The van der Waals surface area contributed by atoms with E-state index in [4.69, 9.17) is 15.2 Å². The maximum Gasteiger partial charge on any atom is 0.257 e. The molecule has 14 heavy (non-hydrogen) atoms. The van der Waals surface area contributed by atoms with E-state index in [1.165, 1.54) is 12.6 Å². The molecule has 0 spiro atoms. The first-order chi connectivity index (χ1) is 6.75. The first-order valence-corrected chi connectivity index (χ1v) is 4.15. The SMILES string of the molecule is NC(=O)[CH]c1cnc2c(c1)OCCO2. The standard InChI is InChI=1S/C9H9N2O3/c10-8(12)4-6-3-7-9(11-5-6)14-2-1-13-7/h3-5H,1-2H2,(H2,10,12). The minimum atomic E-state index is -0.511. The maximum atomic E-state index is 10.6. The summed E-state index contributed by atoms with van der Waals surface area (Å²) in [4.78, 5) is 14.6. The van der Waals surface area contributed by atoms with Gasteiger partial charge >= 0.3 is 0 Å². The summed E-state index contributed by atoms with van der Waals surface area (Å²) in [5, 5.41) is 0. The van der Waals surface area contributed by atoms with Gasteiger partial charge in [-0.2, -0.15) is 0 Å². The van der Waals surface area contributed by atoms with Crippen LogP contribution >= 0.6 is 0 Å². The van der Waals surface area contributed by atoms with E-state index >= 15 is 0 Å². The van der Waals surface area contributed by atoms with Gasteiger partial charge in [-0.05, 0) is 11.6 Å². The number of amides is 1. The van der Waals surface area contributed by atoms with E-state index in [0.717, 1.165) is 0 Å². The van der Waals surface area contributed by atoms with Crippen molar-refractivity contribution in [3.8, 4) is 11.6 Å². The zero-order valence-electron chi connectivity index (χ0n) is 7.40. The van der Waals surface area contributed by atoms with Gasteiger partial charge in [-0.1, -0.05) is 0 Å². The average Bonchev–Trinajstić information content (AvgIpc) is 2.17. The van der Waals surface area contributed by atoms with Crippen molar-refractivity contribution in [2.45, 2.75) is 0 Å². The number of primary amides is 1. The van der Waals surface area contributed by atoms with Crippen LogP contribution in [0.4, 0.5) is 0 Å². The van der Waals surface area contributed by atoms with Crippen molar-refractivity contribution in [2.75, 3.05) is 13.2 Å². The molecule has 73 valence electrons. The fourth-order valence-corrected chi connectivity index (χ4v) is 1.19. The molecule has 1 radical (unpaired) electrons. The number of hydrogen-bond acceptors (Lipinski definition) is 4. The highest BCUT2D eigenvalue weighted by atomic mass is 16.6. The van der Waals surface area contributed by atoms with E-state index < -0.39 is 5.91 Å². The molecule has 5 heteroatoms. The van der Waals surface area contributed by atoms with Crippen molar-refractivity contribution in [1.82, 2.24) is 4.98 Å². The number of ether oxygens (including phenoxy) is 2. The maximum absolute atomic E-state index is 10.6. The molecule has 1 aromatic heterocycles. The summed E-state index contributed by atoms with van der Waals surface area (Å²) in [5.41, 5.74) is 5.62. The summed E-state index contributed by atoms with van der Waals surface area (Å²) < 4.78 is 10.5. The highest BCUT2D eigenvalue weighted by Gasteiger charge is 2.13. The molecule has 0 aromatic carbocycles. The van der Waals surface area contributed by atoms with Gasteiger partial charge in [0, 0.05) is 6.20 Å². The van der Waals surface area contributed by atoms with Gasteiger partial charge in [0.2, 0.25) is 5.91 Å². The molecule has 5 nitrogen and oxygen atoms in total. The molecule has 0 saturated heterocycles. The first kappa shape index (κ1) is 8.80. The van der Waals surface area contributed by atoms with E-state index in [-0.39, 0.29) is 0 Å². The van der Waals surface area contributed by atoms with Gasteiger partial charge in [-0.15, -0.1) is 0 Å². The lowest BCUT2D eigenvalue weighted by atomic mass is 10.2. The second-order valence-corrected chi connectivity index (χ2v) is 2.82. The van der Waals surface area contributed by atoms with E-state index in [0.29, 0.717) is 30.4 Å². The quantitative estimate of drug-likeness (QED) is 0.711. The Morgan fingerprint density at radius 3 is 3.07 bits per heavy atom. The van der Waals surface area contributed by atoms with Crippen LogP contribution in [0.2, 0.25) is 0 Å². The van der Waals surface area contributed by atoms with Crippen LogP contribution in [0.1, 0.15) is 5.56 Å². The van der Waals surface area contributed by atoms with Gasteiger partial charge < -0.3 is 15.2 Å². The van der Waals surface area contributed by atoms with Crippen molar-refractivity contribution < 1.29 is 14.3 Å². The zero-order valence-corrected chi connectivity index (χ0v) is 7.40. The Kier molecular flexibility index (Phi) is 2.22. The number of aromatic nitrogens is 1. The highest BCUT2D eigenvalue weighted by molar-refractivity contribution is 5.86. The third kappa shape index (κ3) is 1.76. The highest BCUT2D eigenvalue weighted by Crippen LogP contribution is 2.28. The van der Waals surface area contributed by atoms with E-state index in [1.807, 2.05) is 0 Å². The van der Waals surface area contributed by atoms with Gasteiger partial charge in [-0.25, -0.2) is 4.98 Å². The van der Waals surface area contributed by atoms with Crippen LogP contribution in [0.25, 0.3) is 0 Å². The summed E-state index contributed by atoms with van der Waals surface area (Å²) >= 11 is 0. The summed E-state index contributed by atoms with van der Waals surface area (Å²) in [6.07, 6.45) is 2.80. The first-order valence-electron chi connectivity index (χ1n) is 4.15. The Bertz CT molecular complexity index is 365. The van der Waals surface area contributed by atoms with Gasteiger partial charge in [0.25, 0.3) is 5.88 Å². The number of pyridine rings is 1. The molecule has 0 saturated carbocycles. The van der Waals surface area contributed by atoms with Crippen molar-refractivity contribution in [3.63, 3.8) is 0 Å². The number of nitrogens with two attached hydrogens (primary N) is 1. The van der Waals surface area contributed by atoms with Crippen LogP contribution in [-0.2, 0) is 4.79 Å². The normalized spacial score (nSPS) is 13.7. The third-order valence-electron chi connectivity index (χ3n) is 1.73. The molecular weight excluding hydrogens is 184 g/mol. The molecule has 0 bridgehead atoms. The van der Waals surface area contributed by atoms with Crippen molar-refractivity contribution in [3.05, 3.63) is 24.2 Å². The van der Waals surface area contributed by atoms with Crippen molar-refractivity contribution >= 4 is 5.91 Å². The lowest BCUT2D eigenvalue weighted by Crippen LogP contribution is -2.17. The van der Waals surface area contributed by atoms with Crippen LogP contribution in [0.15, 0.2) is 12.3 Å². The summed E-state index contributed by atoms with van der Waals surface area (Å²) in [6.45, 7) is 0.994. The van der Waals surface area contributed by atoms with Crippen LogP contribution in [0, 0.1) is 6.42 Å². The Balaban J connectivity index is 2.24. The van der Waals surface area contributed by atoms with Gasteiger partial charge in [0.1, 0.15) is 13.2 Å². The van der Waals surface area contributed by atoms with Crippen LogP contribution in [0.5, 0.6) is 11.6 Å². The second kappa shape index (κ2) is 3.53. The van der Waals surface area contributed by atoms with E-state index in [1.54, 1.807) is 6.07 Å². The van der Waals surface area contributed by atoms with Crippen molar-refractivity contribution in [2.24, 2.45) is 5.73 Å². The molecule has 2 rings (SSSR count). The topological polar surface area (TPSA) is 74.4 Å². The van der Waals surface area contributed by atoms with Gasteiger partial charge in [-0.3, -0.25) is 4.79 Å². The number of carbonyl (C=O) groups excluding carboxylic acids is 1. The molecule has 0 aliphatic carbocycles. The Hall–Kier alpha value is -1.78.